The Bertz CT molecular complexity index is 439. The lowest BCUT2D eigenvalue weighted by Crippen LogP contribution is -2.50. The van der Waals surface area contributed by atoms with E-state index < -0.39 is 31.7 Å². The molecule has 0 aliphatic heterocycles. The van der Waals surface area contributed by atoms with Crippen LogP contribution in [0.2, 0.25) is 0 Å². The Hall–Kier alpha value is -1.11. The summed E-state index contributed by atoms with van der Waals surface area (Å²) in [5.74, 6) is -1.73. The maximum Gasteiger partial charge on any atom is 0.324 e. The summed E-state index contributed by atoms with van der Waals surface area (Å²) in [6.07, 6.45) is 0.737. The molecule has 0 aromatic rings. The van der Waals surface area contributed by atoms with E-state index in [-0.39, 0.29) is 0 Å². The van der Waals surface area contributed by atoms with Crippen LogP contribution >= 0.6 is 0 Å². The number of carboxylic acid groups (broad SMARTS) is 1. The van der Waals surface area contributed by atoms with Gasteiger partial charge in [-0.05, 0) is 33.1 Å². The van der Waals surface area contributed by atoms with Gasteiger partial charge in [-0.3, -0.25) is 9.59 Å². The van der Waals surface area contributed by atoms with Crippen LogP contribution in [0.15, 0.2) is 0 Å². The van der Waals surface area contributed by atoms with Gasteiger partial charge in [0.1, 0.15) is 5.25 Å². The maximum absolute atomic E-state index is 12.1. The van der Waals surface area contributed by atoms with Crippen molar-refractivity contribution in [2.24, 2.45) is 5.92 Å². The van der Waals surface area contributed by atoms with Gasteiger partial charge in [0.15, 0.2) is 14.6 Å². The summed E-state index contributed by atoms with van der Waals surface area (Å²) in [7, 11) is -4.10. The SMILES string of the molecule is CC(C)CCNC(=O)C(C)S(=O)(=O)C(C)(C)C(=O)O. The molecule has 0 aliphatic carbocycles. The number of carbonyl (C=O) groups excluding carboxylic acids is 1. The average molecular weight is 293 g/mol. The quantitative estimate of drug-likeness (QED) is 0.723. The fourth-order valence-electron chi connectivity index (χ4n) is 1.33. The number of hydrogen-bond donors (Lipinski definition) is 2. The smallest absolute Gasteiger partial charge is 0.324 e. The summed E-state index contributed by atoms with van der Waals surface area (Å²) in [6, 6.07) is 0. The molecule has 1 atom stereocenters. The summed E-state index contributed by atoms with van der Waals surface area (Å²) in [5.41, 5.74) is 0. The van der Waals surface area contributed by atoms with E-state index in [0.29, 0.717) is 12.5 Å². The zero-order valence-electron chi connectivity index (χ0n) is 12.1. The minimum atomic E-state index is -4.10. The summed E-state index contributed by atoms with van der Waals surface area (Å²) in [5, 5.41) is 10.1. The molecule has 1 amide bonds. The molecule has 19 heavy (non-hydrogen) atoms. The Balaban J connectivity index is 4.86. The Labute approximate surface area is 114 Å². The van der Waals surface area contributed by atoms with Crippen molar-refractivity contribution in [3.63, 3.8) is 0 Å². The molecule has 6 nitrogen and oxygen atoms in total. The lowest BCUT2D eigenvalue weighted by atomic mass is 10.1. The first kappa shape index (κ1) is 17.9. The third-order valence-electron chi connectivity index (χ3n) is 3.08. The molecule has 0 aromatic carbocycles. The van der Waals surface area contributed by atoms with Crippen molar-refractivity contribution in [2.45, 2.75) is 51.0 Å². The summed E-state index contributed by atoms with van der Waals surface area (Å²) in [4.78, 5) is 22.7. The van der Waals surface area contributed by atoms with Gasteiger partial charge in [-0.15, -0.1) is 0 Å². The fourth-order valence-corrected chi connectivity index (χ4v) is 2.82. The van der Waals surface area contributed by atoms with Crippen molar-refractivity contribution in [2.75, 3.05) is 6.54 Å². The molecule has 0 spiro atoms. The number of aliphatic carboxylic acids is 1. The molecule has 0 saturated carbocycles. The molecule has 0 aromatic heterocycles. The van der Waals surface area contributed by atoms with Crippen LogP contribution in [-0.4, -0.2) is 41.9 Å². The van der Waals surface area contributed by atoms with Crippen LogP contribution in [-0.2, 0) is 19.4 Å². The Kier molecular flexibility index (Phi) is 5.99. The normalized spacial score (nSPS) is 14.2. The van der Waals surface area contributed by atoms with Crippen LogP contribution in [0, 0.1) is 5.92 Å². The van der Waals surface area contributed by atoms with E-state index in [1.54, 1.807) is 0 Å². The van der Waals surface area contributed by atoms with Crippen molar-refractivity contribution in [3.05, 3.63) is 0 Å². The molecule has 0 heterocycles. The van der Waals surface area contributed by atoms with E-state index in [0.717, 1.165) is 20.3 Å². The molecule has 0 fully saturated rings. The van der Waals surface area contributed by atoms with Gasteiger partial charge >= 0.3 is 5.97 Å². The average Bonchev–Trinajstić information content (AvgIpc) is 2.26. The van der Waals surface area contributed by atoms with E-state index in [9.17, 15) is 18.0 Å². The van der Waals surface area contributed by atoms with Gasteiger partial charge in [0.05, 0.1) is 0 Å². The van der Waals surface area contributed by atoms with Crippen molar-refractivity contribution < 1.29 is 23.1 Å². The second-order valence-electron chi connectivity index (χ2n) is 5.48. The van der Waals surface area contributed by atoms with Gasteiger partial charge < -0.3 is 10.4 Å². The lowest BCUT2D eigenvalue weighted by Gasteiger charge is -2.24. The molecule has 2 N–H and O–H groups in total. The number of carboxylic acids is 1. The molecular formula is C12H23NO5S. The first-order valence-electron chi connectivity index (χ1n) is 6.19. The number of hydrogen-bond acceptors (Lipinski definition) is 4. The highest BCUT2D eigenvalue weighted by Crippen LogP contribution is 2.22. The molecule has 0 aliphatic rings. The largest absolute Gasteiger partial charge is 0.480 e. The molecule has 0 saturated heterocycles. The fraction of sp³-hybridized carbons (Fsp3) is 0.833. The summed E-state index contributed by atoms with van der Waals surface area (Å²) in [6.45, 7) is 7.74. The number of carbonyl (C=O) groups is 2. The highest BCUT2D eigenvalue weighted by molar-refractivity contribution is 7.94. The van der Waals surface area contributed by atoms with Crippen LogP contribution in [0.3, 0.4) is 0 Å². The first-order valence-corrected chi connectivity index (χ1v) is 7.73. The van der Waals surface area contributed by atoms with Crippen molar-refractivity contribution in [1.82, 2.24) is 5.32 Å². The van der Waals surface area contributed by atoms with Gasteiger partial charge in [0, 0.05) is 6.54 Å². The van der Waals surface area contributed by atoms with Crippen molar-refractivity contribution in [3.8, 4) is 0 Å². The molecule has 0 radical (unpaired) electrons. The second-order valence-corrected chi connectivity index (χ2v) is 8.29. The molecule has 0 rings (SSSR count). The van der Waals surface area contributed by atoms with Crippen LogP contribution in [0.4, 0.5) is 0 Å². The van der Waals surface area contributed by atoms with Gasteiger partial charge in [-0.25, -0.2) is 8.42 Å². The third kappa shape index (κ3) is 4.19. The molecule has 0 bridgehead atoms. The third-order valence-corrected chi connectivity index (χ3v) is 5.82. The van der Waals surface area contributed by atoms with Gasteiger partial charge in [0.25, 0.3) is 0 Å². The monoisotopic (exact) mass is 293 g/mol. The van der Waals surface area contributed by atoms with Crippen LogP contribution < -0.4 is 5.32 Å². The zero-order chi connectivity index (χ0) is 15.4. The van der Waals surface area contributed by atoms with Gasteiger partial charge in [0.2, 0.25) is 5.91 Å². The number of sulfone groups is 1. The highest BCUT2D eigenvalue weighted by atomic mass is 32.2. The zero-order valence-corrected chi connectivity index (χ0v) is 12.9. The molecule has 7 heteroatoms. The summed E-state index contributed by atoms with van der Waals surface area (Å²) < 4.78 is 22.2. The molecular weight excluding hydrogens is 270 g/mol. The lowest BCUT2D eigenvalue weighted by molar-refractivity contribution is -0.139. The van der Waals surface area contributed by atoms with Crippen LogP contribution in [0.1, 0.15) is 41.0 Å². The molecule has 1 unspecified atom stereocenters. The van der Waals surface area contributed by atoms with Gasteiger partial charge in [-0.2, -0.15) is 0 Å². The highest BCUT2D eigenvalue weighted by Gasteiger charge is 2.47. The summed E-state index contributed by atoms with van der Waals surface area (Å²) >= 11 is 0. The topological polar surface area (TPSA) is 101 Å². The van der Waals surface area contributed by atoms with Gasteiger partial charge in [-0.1, -0.05) is 13.8 Å². The molecule has 112 valence electrons. The Morgan fingerprint density at radius 2 is 1.68 bits per heavy atom. The number of rotatable bonds is 7. The van der Waals surface area contributed by atoms with Crippen molar-refractivity contribution >= 4 is 21.7 Å². The van der Waals surface area contributed by atoms with E-state index in [1.807, 2.05) is 13.8 Å². The van der Waals surface area contributed by atoms with E-state index in [4.69, 9.17) is 5.11 Å². The van der Waals surface area contributed by atoms with E-state index in [1.165, 1.54) is 6.92 Å². The first-order chi connectivity index (χ1) is 8.44. The second kappa shape index (κ2) is 6.36. The Morgan fingerprint density at radius 1 is 1.21 bits per heavy atom. The number of nitrogens with one attached hydrogen (secondary N) is 1. The Morgan fingerprint density at radius 3 is 2.05 bits per heavy atom. The van der Waals surface area contributed by atoms with Crippen LogP contribution in [0.25, 0.3) is 0 Å². The number of amides is 1. The minimum Gasteiger partial charge on any atom is -0.480 e. The van der Waals surface area contributed by atoms with Crippen LogP contribution in [0.5, 0.6) is 0 Å². The minimum absolute atomic E-state index is 0.379. The van der Waals surface area contributed by atoms with E-state index >= 15 is 0 Å². The predicted octanol–water partition coefficient (Wildman–Crippen LogP) is 0.815. The van der Waals surface area contributed by atoms with Crippen molar-refractivity contribution in [1.29, 1.82) is 0 Å². The maximum atomic E-state index is 12.1. The standard InChI is InChI=1S/C12H23NO5S/c1-8(2)6-7-13-10(14)9(3)19(17,18)12(4,5)11(15)16/h8-9H,6-7H2,1-5H3,(H,13,14)(H,15,16). The predicted molar refractivity (Wildman–Crippen MR) is 72.6 cm³/mol. The van der Waals surface area contributed by atoms with E-state index in [2.05, 4.69) is 5.32 Å².